The van der Waals surface area contributed by atoms with Gasteiger partial charge in [-0.25, -0.2) is 14.9 Å². The number of aliphatic hydroxyl groups is 1. The summed E-state index contributed by atoms with van der Waals surface area (Å²) in [5.74, 6) is 0. The monoisotopic (exact) mass is 205 g/mol. The summed E-state index contributed by atoms with van der Waals surface area (Å²) in [7, 11) is 0. The third-order valence-corrected chi connectivity index (χ3v) is 1.04. The number of carbonyl (C=O) groups excluding carboxylic acids is 2. The Balaban J connectivity index is 3.71. The number of amides is 2. The van der Waals surface area contributed by atoms with Gasteiger partial charge in [0, 0.05) is 0 Å². The Morgan fingerprint density at radius 1 is 1.29 bits per heavy atom. The first-order valence-corrected chi connectivity index (χ1v) is 4.18. The average Bonchev–Trinajstić information content (AvgIpc) is 2.00. The van der Waals surface area contributed by atoms with Crippen LogP contribution in [-0.2, 0) is 9.47 Å². The van der Waals surface area contributed by atoms with E-state index in [2.05, 4.69) is 9.47 Å². The summed E-state index contributed by atoms with van der Waals surface area (Å²) in [5, 5.41) is 11.0. The van der Waals surface area contributed by atoms with Crippen LogP contribution in [0.15, 0.2) is 0 Å². The van der Waals surface area contributed by atoms with Gasteiger partial charge in [0.2, 0.25) is 0 Å². The lowest BCUT2D eigenvalue weighted by Gasteiger charge is -2.16. The van der Waals surface area contributed by atoms with Gasteiger partial charge in [0.1, 0.15) is 6.61 Å². The summed E-state index contributed by atoms with van der Waals surface area (Å²) >= 11 is 0. The van der Waals surface area contributed by atoms with Gasteiger partial charge in [0.25, 0.3) is 0 Å². The predicted molar refractivity (Wildman–Crippen MR) is 47.8 cm³/mol. The summed E-state index contributed by atoms with van der Waals surface area (Å²) < 4.78 is 8.95. The molecule has 0 aromatic heterocycles. The molecule has 0 saturated carbocycles. The van der Waals surface area contributed by atoms with Crippen LogP contribution in [0.1, 0.15) is 20.8 Å². The molecule has 0 saturated heterocycles. The smallest absolute Gasteiger partial charge is 0.416 e. The highest BCUT2D eigenvalue weighted by Crippen LogP contribution is 2.00. The van der Waals surface area contributed by atoms with Crippen LogP contribution in [0.3, 0.4) is 0 Å². The van der Waals surface area contributed by atoms with Crippen molar-refractivity contribution in [3.63, 3.8) is 0 Å². The highest BCUT2D eigenvalue weighted by molar-refractivity contribution is 5.87. The van der Waals surface area contributed by atoms with Gasteiger partial charge in [-0.3, -0.25) is 0 Å². The van der Waals surface area contributed by atoms with Gasteiger partial charge in [-0.1, -0.05) is 0 Å². The molecule has 0 atom stereocenters. The van der Waals surface area contributed by atoms with Crippen molar-refractivity contribution in [2.75, 3.05) is 13.2 Å². The Bertz CT molecular complexity index is 208. The standard InChI is InChI=1S/C8H15NO5/c1-4-13-6(10)9-7(11)14-5-8(2,3)12/h12H,4-5H2,1-3H3,(H,9,10,11). The van der Waals surface area contributed by atoms with E-state index in [-0.39, 0.29) is 13.2 Å². The lowest BCUT2D eigenvalue weighted by molar-refractivity contribution is 0.00676. The van der Waals surface area contributed by atoms with Gasteiger partial charge >= 0.3 is 12.2 Å². The van der Waals surface area contributed by atoms with Crippen molar-refractivity contribution in [3.8, 4) is 0 Å². The molecule has 0 fully saturated rings. The zero-order chi connectivity index (χ0) is 11.2. The number of nitrogens with one attached hydrogen (secondary N) is 1. The fraction of sp³-hybridized carbons (Fsp3) is 0.750. The lowest BCUT2D eigenvalue weighted by atomic mass is 10.2. The fourth-order valence-corrected chi connectivity index (χ4v) is 0.529. The molecule has 0 aromatic carbocycles. The van der Waals surface area contributed by atoms with Crippen LogP contribution in [0.4, 0.5) is 9.59 Å². The normalized spacial score (nSPS) is 10.6. The summed E-state index contributed by atoms with van der Waals surface area (Å²) in [6.45, 7) is 4.54. The molecule has 0 spiro atoms. The Morgan fingerprint density at radius 2 is 1.79 bits per heavy atom. The number of alkyl carbamates (subject to hydrolysis) is 2. The van der Waals surface area contributed by atoms with E-state index in [0.717, 1.165) is 0 Å². The molecule has 0 aliphatic carbocycles. The zero-order valence-electron chi connectivity index (χ0n) is 8.49. The van der Waals surface area contributed by atoms with Gasteiger partial charge in [-0.15, -0.1) is 0 Å². The minimum Gasteiger partial charge on any atom is -0.449 e. The van der Waals surface area contributed by atoms with E-state index < -0.39 is 17.8 Å². The van der Waals surface area contributed by atoms with Crippen LogP contribution in [-0.4, -0.2) is 36.1 Å². The maximum atomic E-state index is 10.8. The van der Waals surface area contributed by atoms with Crippen molar-refractivity contribution >= 4 is 12.2 Å². The molecule has 0 unspecified atom stereocenters. The van der Waals surface area contributed by atoms with Crippen LogP contribution >= 0.6 is 0 Å². The van der Waals surface area contributed by atoms with Crippen molar-refractivity contribution in [2.45, 2.75) is 26.4 Å². The van der Waals surface area contributed by atoms with E-state index in [4.69, 9.17) is 0 Å². The molecule has 2 N–H and O–H groups in total. The molecule has 2 amide bonds. The second kappa shape index (κ2) is 5.43. The minimum absolute atomic E-state index is 0.171. The van der Waals surface area contributed by atoms with Crippen molar-refractivity contribution in [2.24, 2.45) is 0 Å². The number of hydrogen-bond acceptors (Lipinski definition) is 5. The lowest BCUT2D eigenvalue weighted by Crippen LogP contribution is -2.36. The maximum Gasteiger partial charge on any atom is 0.416 e. The Hall–Kier alpha value is -1.30. The Morgan fingerprint density at radius 3 is 2.21 bits per heavy atom. The Kier molecular flexibility index (Phi) is 4.93. The number of carbonyl (C=O) groups is 2. The highest BCUT2D eigenvalue weighted by Gasteiger charge is 2.17. The van der Waals surface area contributed by atoms with Crippen LogP contribution < -0.4 is 5.32 Å². The van der Waals surface area contributed by atoms with E-state index in [0.29, 0.717) is 0 Å². The number of rotatable bonds is 3. The highest BCUT2D eigenvalue weighted by atomic mass is 16.6. The second-order valence-corrected chi connectivity index (χ2v) is 3.23. The predicted octanol–water partition coefficient (Wildman–Crippen LogP) is 0.640. The van der Waals surface area contributed by atoms with Gasteiger partial charge in [0.15, 0.2) is 0 Å². The molecule has 0 bridgehead atoms. The molecule has 0 aliphatic rings. The molecular weight excluding hydrogens is 190 g/mol. The van der Waals surface area contributed by atoms with Crippen LogP contribution in [0, 0.1) is 0 Å². The molecule has 0 heterocycles. The summed E-state index contributed by atoms with van der Waals surface area (Å²) in [5.41, 5.74) is -1.12. The number of imide groups is 1. The number of hydrogen-bond donors (Lipinski definition) is 2. The quantitative estimate of drug-likeness (QED) is 0.706. The van der Waals surface area contributed by atoms with E-state index in [1.54, 1.807) is 6.92 Å². The average molecular weight is 205 g/mol. The third-order valence-electron chi connectivity index (χ3n) is 1.04. The fourth-order valence-electron chi connectivity index (χ4n) is 0.529. The van der Waals surface area contributed by atoms with E-state index in [1.165, 1.54) is 13.8 Å². The summed E-state index contributed by atoms with van der Waals surface area (Å²) in [6, 6.07) is 0. The molecular formula is C8H15NO5. The first kappa shape index (κ1) is 12.7. The zero-order valence-corrected chi connectivity index (χ0v) is 8.49. The van der Waals surface area contributed by atoms with Crippen molar-refractivity contribution in [1.29, 1.82) is 0 Å². The van der Waals surface area contributed by atoms with Gasteiger partial charge in [0.05, 0.1) is 12.2 Å². The number of ether oxygens (including phenoxy) is 2. The van der Waals surface area contributed by atoms with Crippen molar-refractivity contribution < 1.29 is 24.2 Å². The molecule has 0 radical (unpaired) electrons. The topological polar surface area (TPSA) is 84.9 Å². The third kappa shape index (κ3) is 7.35. The largest absolute Gasteiger partial charge is 0.449 e. The molecule has 0 aromatic rings. The Labute approximate surface area is 82.2 Å². The maximum absolute atomic E-state index is 10.8. The molecule has 6 nitrogen and oxygen atoms in total. The first-order valence-electron chi connectivity index (χ1n) is 4.18. The van der Waals surface area contributed by atoms with Gasteiger partial charge in [-0.05, 0) is 20.8 Å². The summed E-state index contributed by atoms with van der Waals surface area (Å²) in [6.07, 6.45) is -1.81. The molecule has 82 valence electrons. The second-order valence-electron chi connectivity index (χ2n) is 3.23. The van der Waals surface area contributed by atoms with Gasteiger partial charge in [-0.2, -0.15) is 0 Å². The SMILES string of the molecule is CCOC(=O)NC(=O)OCC(C)(C)O. The van der Waals surface area contributed by atoms with Crippen LogP contribution in [0.5, 0.6) is 0 Å². The van der Waals surface area contributed by atoms with Gasteiger partial charge < -0.3 is 14.6 Å². The molecule has 6 heteroatoms. The van der Waals surface area contributed by atoms with Crippen molar-refractivity contribution in [1.82, 2.24) is 5.32 Å². The first-order chi connectivity index (χ1) is 6.35. The van der Waals surface area contributed by atoms with Crippen LogP contribution in [0.25, 0.3) is 0 Å². The molecule has 14 heavy (non-hydrogen) atoms. The van der Waals surface area contributed by atoms with Crippen LogP contribution in [0.2, 0.25) is 0 Å². The van der Waals surface area contributed by atoms with E-state index in [1.807, 2.05) is 5.32 Å². The van der Waals surface area contributed by atoms with Crippen molar-refractivity contribution in [3.05, 3.63) is 0 Å². The molecule has 0 rings (SSSR count). The minimum atomic E-state index is -1.12. The van der Waals surface area contributed by atoms with E-state index in [9.17, 15) is 14.7 Å². The molecule has 0 aliphatic heterocycles. The summed E-state index contributed by atoms with van der Waals surface area (Å²) in [4.78, 5) is 21.5. The van der Waals surface area contributed by atoms with E-state index >= 15 is 0 Å².